The number of primary amides is 1. The second-order valence-electron chi connectivity index (χ2n) is 4.06. The van der Waals surface area contributed by atoms with E-state index in [9.17, 15) is 9.59 Å². The summed E-state index contributed by atoms with van der Waals surface area (Å²) in [7, 11) is 0. The second kappa shape index (κ2) is 5.88. The third-order valence-corrected chi connectivity index (χ3v) is 3.64. The van der Waals surface area contributed by atoms with Crippen LogP contribution in [0.25, 0.3) is 0 Å². The summed E-state index contributed by atoms with van der Waals surface area (Å²) in [6, 6.07) is 6.03. The predicted octanol–water partition coefficient (Wildman–Crippen LogP) is 0.348. The highest BCUT2D eigenvalue weighted by atomic mass is 32.2. The minimum atomic E-state index is -0.357. The molecule has 1 aliphatic heterocycles. The van der Waals surface area contributed by atoms with Crippen molar-refractivity contribution < 1.29 is 9.59 Å². The molecule has 0 bridgehead atoms. The summed E-state index contributed by atoms with van der Waals surface area (Å²) < 4.78 is 0. The van der Waals surface area contributed by atoms with E-state index in [2.05, 4.69) is 10.6 Å². The van der Waals surface area contributed by atoms with Gasteiger partial charge in [-0.1, -0.05) is 6.07 Å². The third-order valence-electron chi connectivity index (χ3n) is 2.57. The van der Waals surface area contributed by atoms with Crippen molar-refractivity contribution in [3.8, 4) is 0 Å². The molecule has 1 heterocycles. The van der Waals surface area contributed by atoms with E-state index in [1.807, 2.05) is 18.2 Å². The van der Waals surface area contributed by atoms with Gasteiger partial charge in [0.15, 0.2) is 0 Å². The Balaban J connectivity index is 1.92. The van der Waals surface area contributed by atoms with Crippen molar-refractivity contribution in [2.24, 2.45) is 5.73 Å². The summed E-state index contributed by atoms with van der Waals surface area (Å²) >= 11 is 1.55. The van der Waals surface area contributed by atoms with Crippen LogP contribution in [0, 0.1) is 0 Å². The molecule has 0 fully saturated rings. The number of nitrogens with one attached hydrogen (secondary N) is 2. The molecule has 0 unspecified atom stereocenters. The van der Waals surface area contributed by atoms with Crippen molar-refractivity contribution in [3.05, 3.63) is 23.8 Å². The minimum Gasteiger partial charge on any atom is -0.369 e. The van der Waals surface area contributed by atoms with Gasteiger partial charge in [-0.25, -0.2) is 0 Å². The van der Waals surface area contributed by atoms with E-state index in [1.54, 1.807) is 11.8 Å². The average molecular weight is 265 g/mol. The molecule has 2 rings (SSSR count). The lowest BCUT2D eigenvalue weighted by atomic mass is 10.1. The van der Waals surface area contributed by atoms with Gasteiger partial charge in [0.05, 0.1) is 18.0 Å². The SMILES string of the molecule is NC(=O)CNCCc1ccc2c(c1)NC(=O)CS2. The molecule has 6 heteroatoms. The van der Waals surface area contributed by atoms with Crippen LogP contribution < -0.4 is 16.4 Å². The molecule has 0 saturated carbocycles. The highest BCUT2D eigenvalue weighted by molar-refractivity contribution is 8.00. The molecule has 18 heavy (non-hydrogen) atoms. The molecule has 5 nitrogen and oxygen atoms in total. The van der Waals surface area contributed by atoms with E-state index in [1.165, 1.54) is 0 Å². The zero-order valence-electron chi connectivity index (χ0n) is 9.86. The topological polar surface area (TPSA) is 84.2 Å². The van der Waals surface area contributed by atoms with Crippen LogP contribution in [-0.2, 0) is 16.0 Å². The molecular formula is C12H15N3O2S. The fourth-order valence-corrected chi connectivity index (χ4v) is 2.52. The highest BCUT2D eigenvalue weighted by Gasteiger charge is 2.15. The van der Waals surface area contributed by atoms with Crippen LogP contribution in [0.2, 0.25) is 0 Å². The molecule has 1 aromatic carbocycles. The van der Waals surface area contributed by atoms with Crippen LogP contribution in [0.5, 0.6) is 0 Å². The lowest BCUT2D eigenvalue weighted by molar-refractivity contribution is -0.117. The van der Waals surface area contributed by atoms with Crippen molar-refractivity contribution in [3.63, 3.8) is 0 Å². The molecule has 4 N–H and O–H groups in total. The second-order valence-corrected chi connectivity index (χ2v) is 5.08. The molecular weight excluding hydrogens is 250 g/mol. The fourth-order valence-electron chi connectivity index (χ4n) is 1.73. The molecule has 0 saturated heterocycles. The van der Waals surface area contributed by atoms with E-state index in [0.29, 0.717) is 12.3 Å². The highest BCUT2D eigenvalue weighted by Crippen LogP contribution is 2.31. The Kier molecular flexibility index (Phi) is 4.22. The summed E-state index contributed by atoms with van der Waals surface area (Å²) in [5.41, 5.74) is 7.02. The number of nitrogens with two attached hydrogens (primary N) is 1. The smallest absolute Gasteiger partial charge is 0.234 e. The standard InChI is InChI=1S/C12H15N3O2S/c13-11(16)6-14-4-3-8-1-2-10-9(5-8)15-12(17)7-18-10/h1-2,5,14H,3-4,6-7H2,(H2,13,16)(H,15,17). The van der Waals surface area contributed by atoms with Gasteiger partial charge >= 0.3 is 0 Å². The molecule has 0 spiro atoms. The van der Waals surface area contributed by atoms with Gasteiger partial charge in [-0.05, 0) is 30.7 Å². The third kappa shape index (κ3) is 3.48. The quantitative estimate of drug-likeness (QED) is 0.671. The first-order valence-electron chi connectivity index (χ1n) is 5.70. The largest absolute Gasteiger partial charge is 0.369 e. The van der Waals surface area contributed by atoms with Crippen LogP contribution in [-0.4, -0.2) is 30.7 Å². The number of benzene rings is 1. The number of rotatable bonds is 5. The lowest BCUT2D eigenvalue weighted by Crippen LogP contribution is -2.29. The molecule has 0 aliphatic carbocycles. The maximum absolute atomic E-state index is 11.3. The van der Waals surface area contributed by atoms with E-state index >= 15 is 0 Å². The maximum Gasteiger partial charge on any atom is 0.234 e. The Morgan fingerprint density at radius 2 is 2.33 bits per heavy atom. The number of fused-ring (bicyclic) bond motifs is 1. The number of hydrogen-bond donors (Lipinski definition) is 3. The summed E-state index contributed by atoms with van der Waals surface area (Å²) in [6.07, 6.45) is 0.793. The molecule has 0 atom stereocenters. The molecule has 96 valence electrons. The van der Waals surface area contributed by atoms with E-state index in [0.717, 1.165) is 22.6 Å². The first-order valence-corrected chi connectivity index (χ1v) is 6.68. The maximum atomic E-state index is 11.3. The van der Waals surface area contributed by atoms with Crippen LogP contribution in [0.4, 0.5) is 5.69 Å². The van der Waals surface area contributed by atoms with E-state index < -0.39 is 0 Å². The first kappa shape index (κ1) is 12.9. The van der Waals surface area contributed by atoms with Crippen molar-refractivity contribution in [1.29, 1.82) is 0 Å². The summed E-state index contributed by atoms with van der Waals surface area (Å²) in [6.45, 7) is 0.875. The van der Waals surface area contributed by atoms with Crippen molar-refractivity contribution in [2.75, 3.05) is 24.2 Å². The normalized spacial score (nSPS) is 13.9. The van der Waals surface area contributed by atoms with E-state index in [4.69, 9.17) is 5.73 Å². The molecule has 0 radical (unpaired) electrons. The van der Waals surface area contributed by atoms with Gasteiger partial charge < -0.3 is 16.4 Å². The van der Waals surface area contributed by atoms with Gasteiger partial charge in [-0.3, -0.25) is 9.59 Å². The monoisotopic (exact) mass is 265 g/mol. The zero-order valence-corrected chi connectivity index (χ0v) is 10.7. The Morgan fingerprint density at radius 1 is 1.50 bits per heavy atom. The zero-order chi connectivity index (χ0) is 13.0. The predicted molar refractivity (Wildman–Crippen MR) is 71.6 cm³/mol. The van der Waals surface area contributed by atoms with Gasteiger partial charge in [0.1, 0.15) is 0 Å². The van der Waals surface area contributed by atoms with Gasteiger partial charge in [0.2, 0.25) is 11.8 Å². The number of anilines is 1. The average Bonchev–Trinajstić information content (AvgIpc) is 2.34. The molecule has 1 aromatic rings. The van der Waals surface area contributed by atoms with Crippen LogP contribution in [0.1, 0.15) is 5.56 Å². The number of hydrogen-bond acceptors (Lipinski definition) is 4. The van der Waals surface area contributed by atoms with Gasteiger partial charge in [-0.2, -0.15) is 0 Å². The van der Waals surface area contributed by atoms with Crippen molar-refractivity contribution in [1.82, 2.24) is 5.32 Å². The summed E-state index contributed by atoms with van der Waals surface area (Å²) in [4.78, 5) is 22.9. The van der Waals surface area contributed by atoms with E-state index in [-0.39, 0.29) is 18.4 Å². The fraction of sp³-hybridized carbons (Fsp3) is 0.333. The van der Waals surface area contributed by atoms with Gasteiger partial charge in [-0.15, -0.1) is 11.8 Å². The van der Waals surface area contributed by atoms with Gasteiger partial charge in [0.25, 0.3) is 0 Å². The molecule has 0 aromatic heterocycles. The van der Waals surface area contributed by atoms with Crippen molar-refractivity contribution >= 4 is 29.3 Å². The Hall–Kier alpha value is -1.53. The first-order chi connectivity index (χ1) is 8.65. The Bertz CT molecular complexity index is 476. The van der Waals surface area contributed by atoms with Crippen LogP contribution in [0.3, 0.4) is 0 Å². The summed E-state index contributed by atoms with van der Waals surface area (Å²) in [5.74, 6) is 0.160. The Morgan fingerprint density at radius 3 is 3.11 bits per heavy atom. The number of carbonyl (C=O) groups excluding carboxylic acids is 2. The number of carbonyl (C=O) groups is 2. The van der Waals surface area contributed by atoms with Gasteiger partial charge in [0, 0.05) is 4.90 Å². The minimum absolute atomic E-state index is 0.0384. The summed E-state index contributed by atoms with van der Waals surface area (Å²) in [5, 5.41) is 5.81. The lowest BCUT2D eigenvalue weighted by Gasteiger charge is -2.17. The number of amides is 2. The Labute approximate surface area is 110 Å². The van der Waals surface area contributed by atoms with Crippen LogP contribution in [0.15, 0.2) is 23.1 Å². The van der Waals surface area contributed by atoms with Crippen LogP contribution >= 0.6 is 11.8 Å². The molecule has 2 amide bonds. The number of thioether (sulfide) groups is 1. The molecule has 1 aliphatic rings. The van der Waals surface area contributed by atoms with Crippen molar-refractivity contribution in [2.45, 2.75) is 11.3 Å².